The highest BCUT2D eigenvalue weighted by atomic mass is 32.2. The van der Waals surface area contributed by atoms with Crippen LogP contribution in [0.15, 0.2) is 33.6 Å². The van der Waals surface area contributed by atoms with Gasteiger partial charge in [0.05, 0.1) is 6.20 Å². The number of nitrogen functional groups attached to an aromatic ring is 1. The molecule has 0 bridgehead atoms. The van der Waals surface area contributed by atoms with Gasteiger partial charge in [-0.1, -0.05) is 6.92 Å². The van der Waals surface area contributed by atoms with Crippen LogP contribution in [-0.2, 0) is 6.54 Å². The van der Waals surface area contributed by atoms with Crippen LogP contribution in [0.3, 0.4) is 0 Å². The predicted molar refractivity (Wildman–Crippen MR) is 78.1 cm³/mol. The average molecular weight is 306 g/mol. The molecule has 4 N–H and O–H groups in total. The van der Waals surface area contributed by atoms with Crippen molar-refractivity contribution in [2.24, 2.45) is 5.84 Å². The normalized spacial score (nSPS) is 11.1. The minimum atomic E-state index is -0.230. The Kier molecular flexibility index (Phi) is 3.62. The minimum absolute atomic E-state index is 0.230. The molecular formula is C11H14N8OS. The third-order valence-electron chi connectivity index (χ3n) is 2.85. The van der Waals surface area contributed by atoms with Gasteiger partial charge in [0.15, 0.2) is 16.6 Å². The molecular weight excluding hydrogens is 292 g/mol. The number of nitrogens with two attached hydrogens (primary N) is 1. The number of H-pyrrole nitrogens is 1. The first kappa shape index (κ1) is 13.6. The summed E-state index contributed by atoms with van der Waals surface area (Å²) in [6.07, 6.45) is 6.04. The number of fused-ring (bicyclic) bond motifs is 1. The number of hydrogen-bond donors (Lipinski definition) is 3. The standard InChI is InChI=1S/C11H14N8OS/c1-2-4-19-10(20)16-17-11(19)21-9-8-13-3-5-18(8)6-7(14-9)15-12/h3,5-6,15H,2,4,12H2,1H3,(H,16,20). The Morgan fingerprint density at radius 1 is 1.52 bits per heavy atom. The number of imidazole rings is 1. The molecule has 9 nitrogen and oxygen atoms in total. The van der Waals surface area contributed by atoms with E-state index in [0.717, 1.165) is 6.42 Å². The van der Waals surface area contributed by atoms with Crippen LogP contribution in [0.1, 0.15) is 13.3 Å². The number of aromatic nitrogens is 6. The number of anilines is 1. The largest absolute Gasteiger partial charge is 0.343 e. The minimum Gasteiger partial charge on any atom is -0.307 e. The van der Waals surface area contributed by atoms with Gasteiger partial charge >= 0.3 is 5.69 Å². The third kappa shape index (κ3) is 2.50. The summed E-state index contributed by atoms with van der Waals surface area (Å²) in [6, 6.07) is 0. The van der Waals surface area contributed by atoms with Gasteiger partial charge in [0, 0.05) is 18.9 Å². The van der Waals surface area contributed by atoms with Crippen LogP contribution in [-0.4, -0.2) is 29.1 Å². The van der Waals surface area contributed by atoms with E-state index >= 15 is 0 Å². The van der Waals surface area contributed by atoms with Crippen molar-refractivity contribution in [1.82, 2.24) is 29.1 Å². The summed E-state index contributed by atoms with van der Waals surface area (Å²) in [6.45, 7) is 2.59. The molecule has 3 heterocycles. The van der Waals surface area contributed by atoms with Crippen LogP contribution in [0.2, 0.25) is 0 Å². The Bertz CT molecular complexity index is 819. The molecule has 0 saturated carbocycles. The fourth-order valence-electron chi connectivity index (χ4n) is 1.93. The molecule has 0 saturated heterocycles. The second kappa shape index (κ2) is 5.58. The number of nitrogens with one attached hydrogen (secondary N) is 2. The summed E-state index contributed by atoms with van der Waals surface area (Å²) in [5.74, 6) is 5.92. The Labute approximate surface area is 123 Å². The Balaban J connectivity index is 2.05. The van der Waals surface area contributed by atoms with Crippen molar-refractivity contribution >= 4 is 23.2 Å². The lowest BCUT2D eigenvalue weighted by atomic mass is 10.5. The van der Waals surface area contributed by atoms with E-state index in [9.17, 15) is 4.79 Å². The van der Waals surface area contributed by atoms with E-state index in [1.54, 1.807) is 27.6 Å². The van der Waals surface area contributed by atoms with E-state index in [1.807, 2.05) is 6.92 Å². The lowest BCUT2D eigenvalue weighted by Crippen LogP contribution is -2.17. The maximum atomic E-state index is 11.7. The van der Waals surface area contributed by atoms with E-state index in [1.165, 1.54) is 11.8 Å². The highest BCUT2D eigenvalue weighted by Gasteiger charge is 2.14. The molecule has 0 aromatic carbocycles. The Morgan fingerprint density at radius 2 is 2.38 bits per heavy atom. The Hall–Kier alpha value is -2.33. The van der Waals surface area contributed by atoms with Crippen LogP contribution < -0.4 is 17.0 Å². The highest BCUT2D eigenvalue weighted by molar-refractivity contribution is 7.99. The van der Waals surface area contributed by atoms with Gasteiger partial charge in [0.2, 0.25) is 0 Å². The molecule has 21 heavy (non-hydrogen) atoms. The van der Waals surface area contributed by atoms with Gasteiger partial charge in [0.1, 0.15) is 5.03 Å². The molecule has 0 radical (unpaired) electrons. The van der Waals surface area contributed by atoms with Gasteiger partial charge in [-0.05, 0) is 18.2 Å². The molecule has 0 aliphatic heterocycles. The van der Waals surface area contributed by atoms with E-state index in [2.05, 4.69) is 25.6 Å². The van der Waals surface area contributed by atoms with Crippen molar-refractivity contribution in [3.8, 4) is 0 Å². The first-order valence-electron chi connectivity index (χ1n) is 6.36. The number of aromatic amines is 1. The fourth-order valence-corrected chi connectivity index (χ4v) is 2.87. The van der Waals surface area contributed by atoms with E-state index in [-0.39, 0.29) is 5.69 Å². The molecule has 0 spiro atoms. The molecule has 110 valence electrons. The van der Waals surface area contributed by atoms with Crippen LogP contribution in [0.4, 0.5) is 5.82 Å². The monoisotopic (exact) mass is 306 g/mol. The molecule has 3 aromatic heterocycles. The van der Waals surface area contributed by atoms with Gasteiger partial charge in [-0.3, -0.25) is 4.57 Å². The smallest absolute Gasteiger partial charge is 0.307 e. The summed E-state index contributed by atoms with van der Waals surface area (Å²) in [5.41, 5.74) is 2.96. The lowest BCUT2D eigenvalue weighted by Gasteiger charge is -2.06. The molecule has 10 heteroatoms. The molecule has 0 atom stereocenters. The quantitative estimate of drug-likeness (QED) is 0.463. The predicted octanol–water partition coefficient (Wildman–Crippen LogP) is 0.461. The molecule has 3 aromatic rings. The third-order valence-corrected chi connectivity index (χ3v) is 3.81. The summed E-state index contributed by atoms with van der Waals surface area (Å²) in [5, 5.41) is 7.66. The zero-order valence-corrected chi connectivity index (χ0v) is 12.1. The van der Waals surface area contributed by atoms with E-state index in [4.69, 9.17) is 5.84 Å². The van der Waals surface area contributed by atoms with Gasteiger partial charge in [-0.25, -0.2) is 25.7 Å². The van der Waals surface area contributed by atoms with E-state index in [0.29, 0.717) is 28.2 Å². The highest BCUT2D eigenvalue weighted by Crippen LogP contribution is 2.27. The zero-order valence-electron chi connectivity index (χ0n) is 11.3. The topological polar surface area (TPSA) is 119 Å². The summed E-state index contributed by atoms with van der Waals surface area (Å²) in [7, 11) is 0. The number of nitrogens with zero attached hydrogens (tertiary/aromatic N) is 5. The van der Waals surface area contributed by atoms with Gasteiger partial charge in [-0.15, -0.1) is 5.10 Å². The van der Waals surface area contributed by atoms with Crippen LogP contribution in [0.5, 0.6) is 0 Å². The van der Waals surface area contributed by atoms with Gasteiger partial charge in [-0.2, -0.15) is 0 Å². The zero-order chi connectivity index (χ0) is 14.8. The van der Waals surface area contributed by atoms with Gasteiger partial charge < -0.3 is 9.83 Å². The molecule has 0 aliphatic carbocycles. The molecule has 3 rings (SSSR count). The van der Waals surface area contributed by atoms with Crippen molar-refractivity contribution in [2.75, 3.05) is 5.43 Å². The molecule has 0 aliphatic rings. The van der Waals surface area contributed by atoms with Crippen LogP contribution in [0, 0.1) is 0 Å². The number of rotatable bonds is 5. The van der Waals surface area contributed by atoms with Crippen molar-refractivity contribution in [3.05, 3.63) is 29.1 Å². The van der Waals surface area contributed by atoms with Crippen molar-refractivity contribution in [2.45, 2.75) is 30.1 Å². The summed E-state index contributed by atoms with van der Waals surface area (Å²) in [4.78, 5) is 20.3. The fraction of sp³-hybridized carbons (Fsp3) is 0.273. The molecule has 0 amide bonds. The maximum Gasteiger partial charge on any atom is 0.343 e. The maximum absolute atomic E-state index is 11.7. The average Bonchev–Trinajstić information content (AvgIpc) is 3.08. The first-order chi connectivity index (χ1) is 10.2. The van der Waals surface area contributed by atoms with Crippen LogP contribution >= 0.6 is 11.8 Å². The van der Waals surface area contributed by atoms with Crippen LogP contribution in [0.25, 0.3) is 5.65 Å². The number of hydrogen-bond acceptors (Lipinski definition) is 7. The Morgan fingerprint density at radius 3 is 3.14 bits per heavy atom. The number of hydrazine groups is 1. The molecule has 0 fully saturated rings. The van der Waals surface area contributed by atoms with Crippen molar-refractivity contribution in [1.29, 1.82) is 0 Å². The van der Waals surface area contributed by atoms with Crippen molar-refractivity contribution < 1.29 is 0 Å². The molecule has 0 unspecified atom stereocenters. The van der Waals surface area contributed by atoms with Gasteiger partial charge in [0.25, 0.3) is 0 Å². The summed E-state index contributed by atoms with van der Waals surface area (Å²) >= 11 is 1.27. The second-order valence-electron chi connectivity index (χ2n) is 4.30. The summed E-state index contributed by atoms with van der Waals surface area (Å²) < 4.78 is 3.38. The van der Waals surface area contributed by atoms with Crippen molar-refractivity contribution in [3.63, 3.8) is 0 Å². The SMILES string of the molecule is CCCn1c(Sc2nc(NN)cn3ccnc23)n[nH]c1=O. The lowest BCUT2D eigenvalue weighted by molar-refractivity contribution is 0.603. The first-order valence-corrected chi connectivity index (χ1v) is 7.18. The van der Waals surface area contributed by atoms with E-state index < -0.39 is 0 Å². The second-order valence-corrected chi connectivity index (χ2v) is 5.25.